The van der Waals surface area contributed by atoms with Gasteiger partial charge in [0.05, 0.1) is 5.92 Å². The molecule has 0 fully saturated rings. The first-order valence-corrected chi connectivity index (χ1v) is 11.6. The predicted molar refractivity (Wildman–Crippen MR) is 130 cm³/mol. The Morgan fingerprint density at radius 3 is 1.97 bits per heavy atom. The van der Waals surface area contributed by atoms with Crippen LogP contribution in [0, 0.1) is 17.3 Å². The van der Waals surface area contributed by atoms with Gasteiger partial charge in [-0.3, -0.25) is 9.59 Å². The Balaban J connectivity index is 1.66. The Bertz CT molecular complexity index is 1010. The lowest BCUT2D eigenvalue weighted by atomic mass is 9.86. The van der Waals surface area contributed by atoms with E-state index in [1.807, 2.05) is 57.2 Å². The lowest BCUT2D eigenvalue weighted by molar-refractivity contribution is -0.143. The molecule has 0 bridgehead atoms. The first-order chi connectivity index (χ1) is 16.0. The molecular formula is C27H34N2O5. The van der Waals surface area contributed by atoms with Gasteiger partial charge < -0.3 is 20.5 Å². The summed E-state index contributed by atoms with van der Waals surface area (Å²) in [5.74, 6) is -2.33. The number of hydrogen-bond donors (Lipinski definition) is 3. The summed E-state index contributed by atoms with van der Waals surface area (Å²) < 4.78 is 5.59. The fourth-order valence-electron chi connectivity index (χ4n) is 4.35. The number of alkyl carbamates (subject to hydrolysis) is 1. The number of nitrogens with one attached hydrogen (secondary N) is 2. The van der Waals surface area contributed by atoms with Gasteiger partial charge in [0.25, 0.3) is 0 Å². The van der Waals surface area contributed by atoms with Crippen LogP contribution in [-0.2, 0) is 14.3 Å². The molecule has 7 heteroatoms. The summed E-state index contributed by atoms with van der Waals surface area (Å²) in [6.45, 7) is 9.22. The van der Waals surface area contributed by atoms with Crippen molar-refractivity contribution >= 4 is 18.0 Å². The molecule has 34 heavy (non-hydrogen) atoms. The Hall–Kier alpha value is -3.35. The lowest BCUT2D eigenvalue weighted by Crippen LogP contribution is -2.54. The summed E-state index contributed by atoms with van der Waals surface area (Å²) in [6, 6.07) is 15.3. The molecule has 7 nitrogen and oxygen atoms in total. The molecule has 0 aromatic heterocycles. The maximum atomic E-state index is 12.9. The minimum absolute atomic E-state index is 0.00914. The number of carboxylic acids is 1. The van der Waals surface area contributed by atoms with Crippen molar-refractivity contribution in [1.82, 2.24) is 10.6 Å². The molecule has 182 valence electrons. The second kappa shape index (κ2) is 10.3. The number of rotatable bonds is 8. The SMILES string of the molecule is CC(C)C(CNC(=O)[C@H](NC(=O)OCC1c2ccccc2-c2ccccc21)C(C)(C)C)C(=O)O. The minimum atomic E-state index is -0.966. The first kappa shape index (κ1) is 25.3. The van der Waals surface area contributed by atoms with Gasteiger partial charge in [0, 0.05) is 12.5 Å². The Morgan fingerprint density at radius 1 is 0.971 bits per heavy atom. The van der Waals surface area contributed by atoms with Crippen LogP contribution >= 0.6 is 0 Å². The van der Waals surface area contributed by atoms with Gasteiger partial charge in [0.1, 0.15) is 12.6 Å². The quantitative estimate of drug-likeness (QED) is 0.534. The number of carbonyl (C=O) groups is 3. The summed E-state index contributed by atoms with van der Waals surface area (Å²) in [6.07, 6.45) is -0.685. The van der Waals surface area contributed by atoms with Crippen LogP contribution in [0.4, 0.5) is 4.79 Å². The van der Waals surface area contributed by atoms with Gasteiger partial charge in [-0.2, -0.15) is 0 Å². The number of fused-ring (bicyclic) bond motifs is 3. The molecule has 0 aliphatic heterocycles. The first-order valence-electron chi connectivity index (χ1n) is 11.6. The Labute approximate surface area is 200 Å². The van der Waals surface area contributed by atoms with Crippen LogP contribution in [0.5, 0.6) is 0 Å². The number of carbonyl (C=O) groups excluding carboxylic acids is 2. The van der Waals surface area contributed by atoms with Crippen LogP contribution in [0.15, 0.2) is 48.5 Å². The fourth-order valence-corrected chi connectivity index (χ4v) is 4.35. The summed E-state index contributed by atoms with van der Waals surface area (Å²) >= 11 is 0. The molecule has 1 unspecified atom stereocenters. The zero-order valence-corrected chi connectivity index (χ0v) is 20.4. The summed E-state index contributed by atoms with van der Waals surface area (Å²) in [5, 5.41) is 14.8. The van der Waals surface area contributed by atoms with Crippen LogP contribution in [-0.4, -0.2) is 42.3 Å². The molecule has 2 aromatic rings. The number of aliphatic carboxylic acids is 1. The smallest absolute Gasteiger partial charge is 0.407 e. The van der Waals surface area contributed by atoms with Gasteiger partial charge in [-0.15, -0.1) is 0 Å². The predicted octanol–water partition coefficient (Wildman–Crippen LogP) is 4.41. The van der Waals surface area contributed by atoms with Crippen molar-refractivity contribution in [3.63, 3.8) is 0 Å². The van der Waals surface area contributed by atoms with Gasteiger partial charge >= 0.3 is 12.1 Å². The molecule has 0 radical (unpaired) electrons. The highest BCUT2D eigenvalue weighted by Gasteiger charge is 2.35. The molecule has 1 aliphatic rings. The molecule has 2 amide bonds. The van der Waals surface area contributed by atoms with Crippen molar-refractivity contribution in [3.8, 4) is 11.1 Å². The zero-order valence-electron chi connectivity index (χ0n) is 20.4. The molecule has 0 heterocycles. The highest BCUT2D eigenvalue weighted by atomic mass is 16.5. The largest absolute Gasteiger partial charge is 0.481 e. The molecule has 3 rings (SSSR count). The third-order valence-electron chi connectivity index (χ3n) is 6.35. The molecular weight excluding hydrogens is 432 g/mol. The second-order valence-corrected chi connectivity index (χ2v) is 10.2. The number of hydrogen-bond acceptors (Lipinski definition) is 4. The summed E-state index contributed by atoms with van der Waals surface area (Å²) in [4.78, 5) is 37.1. The average molecular weight is 467 g/mol. The van der Waals surface area contributed by atoms with E-state index in [-0.39, 0.29) is 25.0 Å². The molecule has 2 atom stereocenters. The van der Waals surface area contributed by atoms with Crippen LogP contribution in [0.1, 0.15) is 51.7 Å². The van der Waals surface area contributed by atoms with E-state index in [1.54, 1.807) is 13.8 Å². The van der Waals surface area contributed by atoms with E-state index in [9.17, 15) is 19.5 Å². The summed E-state index contributed by atoms with van der Waals surface area (Å²) in [5.41, 5.74) is 3.88. The number of carboxylic acid groups (broad SMARTS) is 1. The van der Waals surface area contributed by atoms with E-state index in [0.29, 0.717) is 0 Å². The normalized spacial score (nSPS) is 14.6. The number of benzene rings is 2. The number of amides is 2. The van der Waals surface area contributed by atoms with E-state index in [2.05, 4.69) is 22.8 Å². The van der Waals surface area contributed by atoms with Gasteiger partial charge in [0.15, 0.2) is 0 Å². The second-order valence-electron chi connectivity index (χ2n) is 10.2. The lowest BCUT2D eigenvalue weighted by Gasteiger charge is -2.30. The molecule has 0 saturated carbocycles. The van der Waals surface area contributed by atoms with Crippen LogP contribution in [0.25, 0.3) is 11.1 Å². The topological polar surface area (TPSA) is 105 Å². The highest BCUT2D eigenvalue weighted by Crippen LogP contribution is 2.44. The van der Waals surface area contributed by atoms with Crippen molar-refractivity contribution in [2.24, 2.45) is 17.3 Å². The molecule has 2 aromatic carbocycles. The number of ether oxygens (including phenoxy) is 1. The Kier molecular flexibility index (Phi) is 7.64. The van der Waals surface area contributed by atoms with Crippen molar-refractivity contribution in [1.29, 1.82) is 0 Å². The standard InChI is InChI=1S/C27H34N2O5/c1-16(2)21(25(31)32)14-28-24(30)23(27(3,4)5)29-26(33)34-15-22-19-12-8-6-10-17(19)18-11-7-9-13-20(18)22/h6-13,16,21-23H,14-15H2,1-5H3,(H,28,30)(H,29,33)(H,31,32)/t21?,23-/m0/s1. The molecule has 1 aliphatic carbocycles. The summed E-state index contributed by atoms with van der Waals surface area (Å²) in [7, 11) is 0. The van der Waals surface area contributed by atoms with Gasteiger partial charge in [-0.25, -0.2) is 4.79 Å². The monoisotopic (exact) mass is 466 g/mol. The van der Waals surface area contributed by atoms with E-state index in [0.717, 1.165) is 22.3 Å². The molecule has 0 spiro atoms. The zero-order chi connectivity index (χ0) is 25.0. The highest BCUT2D eigenvalue weighted by molar-refractivity contribution is 5.87. The average Bonchev–Trinajstić information content (AvgIpc) is 3.08. The molecule has 0 saturated heterocycles. The minimum Gasteiger partial charge on any atom is -0.481 e. The third-order valence-corrected chi connectivity index (χ3v) is 6.35. The fraction of sp³-hybridized carbons (Fsp3) is 0.444. The van der Waals surface area contributed by atoms with E-state index >= 15 is 0 Å². The van der Waals surface area contributed by atoms with Gasteiger partial charge in [-0.05, 0) is 33.6 Å². The maximum absolute atomic E-state index is 12.9. The van der Waals surface area contributed by atoms with Crippen LogP contribution in [0.3, 0.4) is 0 Å². The van der Waals surface area contributed by atoms with E-state index in [4.69, 9.17) is 4.74 Å². The maximum Gasteiger partial charge on any atom is 0.407 e. The van der Waals surface area contributed by atoms with Gasteiger partial charge in [-0.1, -0.05) is 83.1 Å². The van der Waals surface area contributed by atoms with Gasteiger partial charge in [0.2, 0.25) is 5.91 Å². The van der Waals surface area contributed by atoms with Crippen molar-refractivity contribution < 1.29 is 24.2 Å². The van der Waals surface area contributed by atoms with Crippen LogP contribution < -0.4 is 10.6 Å². The van der Waals surface area contributed by atoms with Crippen molar-refractivity contribution in [2.45, 2.75) is 46.6 Å². The van der Waals surface area contributed by atoms with E-state index in [1.165, 1.54) is 0 Å². The third kappa shape index (κ3) is 5.58. The van der Waals surface area contributed by atoms with Crippen molar-refractivity contribution in [3.05, 3.63) is 59.7 Å². The Morgan fingerprint density at radius 2 is 1.50 bits per heavy atom. The van der Waals surface area contributed by atoms with Crippen molar-refractivity contribution in [2.75, 3.05) is 13.2 Å². The van der Waals surface area contributed by atoms with E-state index < -0.39 is 35.3 Å². The van der Waals surface area contributed by atoms with Crippen LogP contribution in [0.2, 0.25) is 0 Å². The molecule has 3 N–H and O–H groups in total.